The summed E-state index contributed by atoms with van der Waals surface area (Å²) in [4.78, 5) is 12.7. The normalized spacial score (nSPS) is 17.1. The van der Waals surface area contributed by atoms with Crippen molar-refractivity contribution in [3.8, 4) is 6.07 Å². The minimum Gasteiger partial charge on any atom is -0.348 e. The number of rotatable bonds is 6. The molecule has 2 rings (SSSR count). The molecule has 1 aliphatic rings. The van der Waals surface area contributed by atoms with Gasteiger partial charge in [0.25, 0.3) is 0 Å². The highest BCUT2D eigenvalue weighted by atomic mass is 16.2. The highest BCUT2D eigenvalue weighted by molar-refractivity contribution is 5.85. The molecule has 1 unspecified atom stereocenters. The predicted molar refractivity (Wildman–Crippen MR) is 83.5 cm³/mol. The zero-order chi connectivity index (χ0) is 15.3. The summed E-state index contributed by atoms with van der Waals surface area (Å²) in [6.45, 7) is 4.06. The number of carbonyl (C=O) groups excluding carboxylic acids is 1. The lowest BCUT2D eigenvalue weighted by atomic mass is 9.79. The van der Waals surface area contributed by atoms with Crippen LogP contribution >= 0.6 is 0 Å². The molecular formula is C18H24N2O. The van der Waals surface area contributed by atoms with Crippen molar-refractivity contribution in [1.82, 2.24) is 5.32 Å². The van der Waals surface area contributed by atoms with Gasteiger partial charge in [-0.3, -0.25) is 4.79 Å². The van der Waals surface area contributed by atoms with Crippen LogP contribution in [0.3, 0.4) is 0 Å². The average Bonchev–Trinajstić information content (AvgIpc) is 2.90. The average molecular weight is 284 g/mol. The molecule has 0 saturated carbocycles. The molecular weight excluding hydrogens is 260 g/mol. The summed E-state index contributed by atoms with van der Waals surface area (Å²) in [5, 5.41) is 12.7. The van der Waals surface area contributed by atoms with Gasteiger partial charge >= 0.3 is 0 Å². The maximum Gasteiger partial charge on any atom is 0.240 e. The zero-order valence-electron chi connectivity index (χ0n) is 13.0. The first-order valence-electron chi connectivity index (χ1n) is 7.97. The lowest BCUT2D eigenvalue weighted by molar-refractivity contribution is -0.129. The first-order valence-corrected chi connectivity index (χ1v) is 7.97. The highest BCUT2D eigenvalue weighted by Crippen LogP contribution is 2.34. The second kappa shape index (κ2) is 6.76. The topological polar surface area (TPSA) is 52.9 Å². The summed E-state index contributed by atoms with van der Waals surface area (Å²) in [5.41, 5.74) is 1.67. The number of amides is 1. The molecule has 1 aromatic rings. The summed E-state index contributed by atoms with van der Waals surface area (Å²) in [6, 6.07) is 10.6. The highest BCUT2D eigenvalue weighted by Gasteiger charge is 2.38. The Morgan fingerprint density at radius 3 is 2.62 bits per heavy atom. The Hall–Kier alpha value is -1.82. The molecule has 0 aliphatic heterocycles. The van der Waals surface area contributed by atoms with E-state index in [9.17, 15) is 10.1 Å². The van der Waals surface area contributed by atoms with Crippen molar-refractivity contribution in [3.63, 3.8) is 0 Å². The van der Waals surface area contributed by atoms with E-state index < -0.39 is 5.41 Å². The quantitative estimate of drug-likeness (QED) is 0.861. The van der Waals surface area contributed by atoms with Crippen LogP contribution in [0.2, 0.25) is 0 Å². The standard InChI is InChI=1S/C18H24N2O/c1-3-11-18(13-19,12-4-2)17(21)20-16-10-9-14-7-5-6-8-15(14)16/h5-8,16H,3-4,9-12H2,1-2H3,(H,20,21). The number of hydrogen-bond acceptors (Lipinski definition) is 2. The summed E-state index contributed by atoms with van der Waals surface area (Å²) in [5.74, 6) is -0.0876. The molecule has 1 amide bonds. The van der Waals surface area contributed by atoms with Gasteiger partial charge in [-0.15, -0.1) is 0 Å². The van der Waals surface area contributed by atoms with Gasteiger partial charge in [0.1, 0.15) is 5.41 Å². The maximum absolute atomic E-state index is 12.7. The van der Waals surface area contributed by atoms with Crippen LogP contribution < -0.4 is 5.32 Å². The van der Waals surface area contributed by atoms with E-state index in [4.69, 9.17) is 0 Å². The van der Waals surface area contributed by atoms with Gasteiger partial charge in [0.2, 0.25) is 5.91 Å². The van der Waals surface area contributed by atoms with E-state index >= 15 is 0 Å². The van der Waals surface area contributed by atoms with Gasteiger partial charge in [-0.1, -0.05) is 51.0 Å². The molecule has 0 spiro atoms. The minimum atomic E-state index is -0.860. The third kappa shape index (κ3) is 3.10. The van der Waals surface area contributed by atoms with Crippen molar-refractivity contribution in [3.05, 3.63) is 35.4 Å². The van der Waals surface area contributed by atoms with E-state index in [0.29, 0.717) is 12.8 Å². The number of fused-ring (bicyclic) bond motifs is 1. The van der Waals surface area contributed by atoms with E-state index in [0.717, 1.165) is 25.7 Å². The van der Waals surface area contributed by atoms with E-state index in [1.165, 1.54) is 11.1 Å². The van der Waals surface area contributed by atoms with Crippen molar-refractivity contribution >= 4 is 5.91 Å². The first-order chi connectivity index (χ1) is 10.2. The van der Waals surface area contributed by atoms with E-state index in [1.807, 2.05) is 26.0 Å². The molecule has 112 valence electrons. The monoisotopic (exact) mass is 284 g/mol. The van der Waals surface area contributed by atoms with Crippen LogP contribution in [0.5, 0.6) is 0 Å². The van der Waals surface area contributed by atoms with E-state index in [2.05, 4.69) is 23.5 Å². The van der Waals surface area contributed by atoms with Crippen molar-refractivity contribution in [2.45, 2.75) is 58.4 Å². The number of aryl methyl sites for hydroxylation is 1. The summed E-state index contributed by atoms with van der Waals surface area (Å²) < 4.78 is 0. The predicted octanol–water partition coefficient (Wildman–Crippen LogP) is 3.90. The van der Waals surface area contributed by atoms with Crippen LogP contribution in [0.1, 0.15) is 63.1 Å². The lowest BCUT2D eigenvalue weighted by Crippen LogP contribution is -2.41. The Bertz CT molecular complexity index is 538. The van der Waals surface area contributed by atoms with Gasteiger partial charge in [0, 0.05) is 0 Å². The lowest BCUT2D eigenvalue weighted by Gasteiger charge is -2.27. The second-order valence-electron chi connectivity index (χ2n) is 5.96. The third-order valence-corrected chi connectivity index (χ3v) is 4.44. The maximum atomic E-state index is 12.7. The van der Waals surface area contributed by atoms with Crippen LogP contribution in [-0.4, -0.2) is 5.91 Å². The summed E-state index contributed by atoms with van der Waals surface area (Å²) >= 11 is 0. The molecule has 21 heavy (non-hydrogen) atoms. The summed E-state index contributed by atoms with van der Waals surface area (Å²) in [6.07, 6.45) is 4.91. The van der Waals surface area contributed by atoms with Crippen LogP contribution in [0.25, 0.3) is 0 Å². The number of nitrogens with one attached hydrogen (secondary N) is 1. The Morgan fingerprint density at radius 1 is 1.33 bits per heavy atom. The molecule has 0 bridgehead atoms. The minimum absolute atomic E-state index is 0.0649. The molecule has 0 fully saturated rings. The Morgan fingerprint density at radius 2 is 2.00 bits per heavy atom. The molecule has 1 aromatic carbocycles. The van der Waals surface area contributed by atoms with Gasteiger partial charge in [-0.2, -0.15) is 5.26 Å². The van der Waals surface area contributed by atoms with E-state index in [1.54, 1.807) is 0 Å². The molecule has 0 radical (unpaired) electrons. The SMILES string of the molecule is CCCC(C#N)(CCC)C(=O)NC1CCc2ccccc21. The molecule has 3 nitrogen and oxygen atoms in total. The molecule has 0 aromatic heterocycles. The van der Waals surface area contributed by atoms with Gasteiger partial charge in [-0.25, -0.2) is 0 Å². The number of benzene rings is 1. The molecule has 0 saturated heterocycles. The number of nitriles is 1. The van der Waals surface area contributed by atoms with Crippen molar-refractivity contribution < 1.29 is 4.79 Å². The fraction of sp³-hybridized carbons (Fsp3) is 0.556. The van der Waals surface area contributed by atoms with E-state index in [-0.39, 0.29) is 11.9 Å². The molecule has 1 atom stereocenters. The first kappa shape index (κ1) is 15.6. The Kier molecular flexibility index (Phi) is 5.01. The van der Waals surface area contributed by atoms with Crippen LogP contribution in [0.4, 0.5) is 0 Å². The van der Waals surface area contributed by atoms with Gasteiger partial charge in [-0.05, 0) is 36.8 Å². The van der Waals surface area contributed by atoms with Crippen LogP contribution in [0, 0.1) is 16.7 Å². The van der Waals surface area contributed by atoms with Gasteiger partial charge in [0.05, 0.1) is 12.1 Å². The molecule has 3 heteroatoms. The van der Waals surface area contributed by atoms with Crippen LogP contribution in [-0.2, 0) is 11.2 Å². The zero-order valence-corrected chi connectivity index (χ0v) is 13.0. The molecule has 1 N–H and O–H groups in total. The largest absolute Gasteiger partial charge is 0.348 e. The number of nitrogens with zero attached hydrogens (tertiary/aromatic N) is 1. The van der Waals surface area contributed by atoms with Crippen molar-refractivity contribution in [1.29, 1.82) is 5.26 Å². The fourth-order valence-corrected chi connectivity index (χ4v) is 3.37. The van der Waals surface area contributed by atoms with Gasteiger partial charge in [0.15, 0.2) is 0 Å². The number of carbonyl (C=O) groups is 1. The van der Waals surface area contributed by atoms with Crippen molar-refractivity contribution in [2.24, 2.45) is 5.41 Å². The Labute approximate surface area is 127 Å². The Balaban J connectivity index is 2.15. The smallest absolute Gasteiger partial charge is 0.240 e. The second-order valence-corrected chi connectivity index (χ2v) is 5.96. The van der Waals surface area contributed by atoms with Gasteiger partial charge < -0.3 is 5.32 Å². The fourth-order valence-electron chi connectivity index (χ4n) is 3.37. The third-order valence-electron chi connectivity index (χ3n) is 4.44. The van der Waals surface area contributed by atoms with Crippen LogP contribution in [0.15, 0.2) is 24.3 Å². The summed E-state index contributed by atoms with van der Waals surface area (Å²) in [7, 11) is 0. The molecule has 1 aliphatic carbocycles. The molecule has 0 heterocycles. The van der Waals surface area contributed by atoms with Crippen molar-refractivity contribution in [2.75, 3.05) is 0 Å². The number of hydrogen-bond donors (Lipinski definition) is 1.